The highest BCUT2D eigenvalue weighted by molar-refractivity contribution is 7.10. The number of hydrogen-bond donors (Lipinski definition) is 0. The highest BCUT2D eigenvalue weighted by Gasteiger charge is 2.35. The molecule has 3 heterocycles. The first-order chi connectivity index (χ1) is 9.86. The third-order valence-corrected chi connectivity index (χ3v) is 4.71. The number of halogens is 4. The molecule has 0 aliphatic carbocycles. The molecule has 2 aromatic heterocycles. The van der Waals surface area contributed by atoms with E-state index < -0.39 is 11.9 Å². The molecule has 1 aliphatic rings. The number of fused-ring (bicyclic) bond motifs is 1. The molecule has 1 aliphatic heterocycles. The molecule has 1 atom stereocenters. The van der Waals surface area contributed by atoms with Crippen LogP contribution in [0.1, 0.15) is 29.1 Å². The zero-order valence-electron chi connectivity index (χ0n) is 11.0. The average molecular weight is 334 g/mol. The molecule has 0 bridgehead atoms. The van der Waals surface area contributed by atoms with Gasteiger partial charge in [0.15, 0.2) is 5.69 Å². The Kier molecular flexibility index (Phi) is 3.57. The largest absolute Gasteiger partial charge is 0.433 e. The van der Waals surface area contributed by atoms with Crippen LogP contribution in [0.25, 0.3) is 0 Å². The summed E-state index contributed by atoms with van der Waals surface area (Å²) in [7, 11) is 0. The Morgan fingerprint density at radius 2 is 2.14 bits per heavy atom. The minimum absolute atomic E-state index is 0.0351. The zero-order valence-corrected chi connectivity index (χ0v) is 12.6. The fourth-order valence-electron chi connectivity index (χ4n) is 2.52. The average Bonchev–Trinajstić information content (AvgIpc) is 2.86. The highest BCUT2D eigenvalue weighted by atomic mass is 35.5. The standard InChI is InChI=1S/C13H11ClF3N3S/c1-7-8-3-5-21-9(8)2-4-20(7)11-6-10(13(15,16)17)18-12(14)19-11/h3,5-7H,2,4H2,1H3. The second kappa shape index (κ2) is 5.14. The Bertz CT molecular complexity index is 671. The van der Waals surface area contributed by atoms with Crippen LogP contribution in [-0.4, -0.2) is 16.5 Å². The number of hydrogen-bond acceptors (Lipinski definition) is 4. The van der Waals surface area contributed by atoms with Crippen LogP contribution in [0.2, 0.25) is 5.28 Å². The second-order valence-electron chi connectivity index (χ2n) is 4.80. The molecular formula is C13H11ClF3N3S. The summed E-state index contributed by atoms with van der Waals surface area (Å²) in [6.45, 7) is 2.56. The van der Waals surface area contributed by atoms with Crippen LogP contribution in [-0.2, 0) is 12.6 Å². The van der Waals surface area contributed by atoms with Crippen molar-refractivity contribution in [2.75, 3.05) is 11.4 Å². The van der Waals surface area contributed by atoms with Crippen molar-refractivity contribution in [3.05, 3.63) is 38.9 Å². The molecule has 21 heavy (non-hydrogen) atoms. The maximum atomic E-state index is 12.8. The maximum Gasteiger partial charge on any atom is 0.433 e. The van der Waals surface area contributed by atoms with Crippen molar-refractivity contribution >= 4 is 28.8 Å². The van der Waals surface area contributed by atoms with Gasteiger partial charge in [-0.15, -0.1) is 11.3 Å². The third-order valence-electron chi connectivity index (χ3n) is 3.55. The van der Waals surface area contributed by atoms with Gasteiger partial charge in [0.25, 0.3) is 0 Å². The minimum Gasteiger partial charge on any atom is -0.349 e. The Morgan fingerprint density at radius 1 is 1.38 bits per heavy atom. The van der Waals surface area contributed by atoms with Gasteiger partial charge in [0, 0.05) is 17.5 Å². The summed E-state index contributed by atoms with van der Waals surface area (Å²) in [5, 5.41) is 1.61. The van der Waals surface area contributed by atoms with Gasteiger partial charge in [0.1, 0.15) is 5.82 Å². The Labute approximate surface area is 128 Å². The Morgan fingerprint density at radius 3 is 2.86 bits per heavy atom. The van der Waals surface area contributed by atoms with Crippen LogP contribution < -0.4 is 4.90 Å². The molecule has 0 radical (unpaired) electrons. The van der Waals surface area contributed by atoms with E-state index in [1.807, 2.05) is 23.3 Å². The van der Waals surface area contributed by atoms with E-state index in [2.05, 4.69) is 9.97 Å². The second-order valence-corrected chi connectivity index (χ2v) is 6.14. The first-order valence-electron chi connectivity index (χ1n) is 6.31. The summed E-state index contributed by atoms with van der Waals surface area (Å²) in [6.07, 6.45) is -3.74. The molecule has 0 saturated carbocycles. The van der Waals surface area contributed by atoms with Crippen molar-refractivity contribution in [2.24, 2.45) is 0 Å². The van der Waals surface area contributed by atoms with Crippen LogP contribution in [0.3, 0.4) is 0 Å². The van der Waals surface area contributed by atoms with Crippen LogP contribution in [0, 0.1) is 0 Å². The van der Waals surface area contributed by atoms with E-state index in [9.17, 15) is 13.2 Å². The van der Waals surface area contributed by atoms with Gasteiger partial charge in [0.05, 0.1) is 6.04 Å². The summed E-state index contributed by atoms with van der Waals surface area (Å²) in [6, 6.07) is 2.93. The Balaban J connectivity index is 2.00. The summed E-state index contributed by atoms with van der Waals surface area (Å²) < 4.78 is 38.5. The number of nitrogens with zero attached hydrogens (tertiary/aromatic N) is 3. The monoisotopic (exact) mass is 333 g/mol. The molecule has 3 rings (SSSR count). The number of anilines is 1. The molecular weight excluding hydrogens is 323 g/mol. The molecule has 1 unspecified atom stereocenters. The highest BCUT2D eigenvalue weighted by Crippen LogP contribution is 2.37. The van der Waals surface area contributed by atoms with Gasteiger partial charge in [0.2, 0.25) is 5.28 Å². The molecule has 8 heteroatoms. The Hall–Kier alpha value is -1.34. The van der Waals surface area contributed by atoms with E-state index >= 15 is 0 Å². The zero-order chi connectivity index (χ0) is 15.2. The van der Waals surface area contributed by atoms with Crippen LogP contribution in [0.15, 0.2) is 17.5 Å². The van der Waals surface area contributed by atoms with Gasteiger partial charge >= 0.3 is 6.18 Å². The summed E-state index contributed by atoms with van der Waals surface area (Å²) in [5.74, 6) is 0.215. The minimum atomic E-state index is -4.53. The fourth-order valence-corrected chi connectivity index (χ4v) is 3.66. The van der Waals surface area contributed by atoms with E-state index in [4.69, 9.17) is 11.6 Å². The number of thiophene rings is 1. The lowest BCUT2D eigenvalue weighted by atomic mass is 10.0. The third kappa shape index (κ3) is 2.72. The topological polar surface area (TPSA) is 29.0 Å². The lowest BCUT2D eigenvalue weighted by Crippen LogP contribution is -2.34. The van der Waals surface area contributed by atoms with Gasteiger partial charge in [-0.3, -0.25) is 0 Å². The fraction of sp³-hybridized carbons (Fsp3) is 0.385. The van der Waals surface area contributed by atoms with Crippen LogP contribution >= 0.6 is 22.9 Å². The van der Waals surface area contributed by atoms with E-state index in [-0.39, 0.29) is 17.1 Å². The van der Waals surface area contributed by atoms with Crippen molar-refractivity contribution in [3.8, 4) is 0 Å². The van der Waals surface area contributed by atoms with Crippen molar-refractivity contribution < 1.29 is 13.2 Å². The van der Waals surface area contributed by atoms with Crippen molar-refractivity contribution in [2.45, 2.75) is 25.6 Å². The molecule has 0 amide bonds. The molecule has 3 nitrogen and oxygen atoms in total. The van der Waals surface area contributed by atoms with E-state index in [1.54, 1.807) is 11.3 Å². The predicted octanol–water partition coefficient (Wildman–Crippen LogP) is 4.33. The summed E-state index contributed by atoms with van der Waals surface area (Å²) in [5.41, 5.74) is 0.121. The van der Waals surface area contributed by atoms with Crippen molar-refractivity contribution in [1.29, 1.82) is 0 Å². The van der Waals surface area contributed by atoms with Gasteiger partial charge in [-0.1, -0.05) is 0 Å². The van der Waals surface area contributed by atoms with Crippen molar-refractivity contribution in [3.63, 3.8) is 0 Å². The quantitative estimate of drug-likeness (QED) is 0.727. The number of rotatable bonds is 1. The van der Waals surface area contributed by atoms with E-state index in [1.165, 1.54) is 4.88 Å². The predicted molar refractivity (Wildman–Crippen MR) is 75.8 cm³/mol. The number of aromatic nitrogens is 2. The molecule has 0 spiro atoms. The van der Waals surface area contributed by atoms with Crippen LogP contribution in [0.4, 0.5) is 19.0 Å². The van der Waals surface area contributed by atoms with Crippen molar-refractivity contribution in [1.82, 2.24) is 9.97 Å². The van der Waals surface area contributed by atoms with Crippen LogP contribution in [0.5, 0.6) is 0 Å². The molecule has 0 fully saturated rings. The lowest BCUT2D eigenvalue weighted by molar-refractivity contribution is -0.141. The SMILES string of the molecule is CC1c2ccsc2CCN1c1cc(C(F)(F)F)nc(Cl)n1. The maximum absolute atomic E-state index is 12.8. The normalized spacial score (nSPS) is 18.7. The van der Waals surface area contributed by atoms with E-state index in [0.717, 1.165) is 18.1 Å². The first kappa shape index (κ1) is 14.6. The van der Waals surface area contributed by atoms with Gasteiger partial charge in [-0.2, -0.15) is 13.2 Å². The molecule has 112 valence electrons. The summed E-state index contributed by atoms with van der Waals surface area (Å²) in [4.78, 5) is 10.3. The molecule has 0 saturated heterocycles. The number of alkyl halides is 3. The lowest BCUT2D eigenvalue weighted by Gasteiger charge is -2.34. The van der Waals surface area contributed by atoms with Gasteiger partial charge in [-0.05, 0) is 42.0 Å². The first-order valence-corrected chi connectivity index (χ1v) is 7.56. The van der Waals surface area contributed by atoms with Gasteiger partial charge < -0.3 is 4.90 Å². The van der Waals surface area contributed by atoms with Gasteiger partial charge in [-0.25, -0.2) is 9.97 Å². The summed E-state index contributed by atoms with van der Waals surface area (Å²) >= 11 is 7.33. The molecule has 0 aromatic carbocycles. The smallest absolute Gasteiger partial charge is 0.349 e. The van der Waals surface area contributed by atoms with E-state index in [0.29, 0.717) is 6.54 Å². The molecule has 2 aromatic rings. The molecule has 0 N–H and O–H groups in total.